The maximum atomic E-state index is 12.7. The smallest absolute Gasteiger partial charge is 0.230 e. The molecule has 1 aliphatic rings. The van der Waals surface area contributed by atoms with Crippen molar-refractivity contribution in [1.29, 1.82) is 0 Å². The highest BCUT2D eigenvalue weighted by Crippen LogP contribution is 2.43. The highest BCUT2D eigenvalue weighted by atomic mass is 32.1. The molecule has 46 heavy (non-hydrogen) atoms. The summed E-state index contributed by atoms with van der Waals surface area (Å²) in [5, 5.41) is 26.3. The number of carbonyl (C=O) groups excluding carboxylic acids is 2. The van der Waals surface area contributed by atoms with E-state index in [2.05, 4.69) is 92.8 Å². The second-order valence-corrected chi connectivity index (χ2v) is 13.6. The minimum Gasteiger partial charge on any atom is -0.372 e. The zero-order valence-corrected chi connectivity index (χ0v) is 28.8. The van der Waals surface area contributed by atoms with E-state index in [0.29, 0.717) is 10.3 Å². The van der Waals surface area contributed by atoms with E-state index in [0.717, 1.165) is 84.4 Å². The molecule has 10 nitrogen and oxygen atoms in total. The van der Waals surface area contributed by atoms with E-state index in [4.69, 9.17) is 0 Å². The summed E-state index contributed by atoms with van der Waals surface area (Å²) in [5.41, 5.74) is 4.25. The molecule has 2 heterocycles. The molecule has 4 aromatic rings. The Morgan fingerprint density at radius 3 is 1.41 bits per heavy atom. The van der Waals surface area contributed by atoms with E-state index in [1.165, 1.54) is 22.7 Å². The van der Waals surface area contributed by atoms with Crippen molar-refractivity contribution >= 4 is 56.1 Å². The monoisotopic (exact) mass is 660 g/mol. The maximum absolute atomic E-state index is 12.7. The fourth-order valence-corrected chi connectivity index (χ4v) is 7.88. The lowest BCUT2D eigenvalue weighted by Gasteiger charge is -2.25. The highest BCUT2D eigenvalue weighted by molar-refractivity contribution is 7.15. The molecule has 0 unspecified atom stereocenters. The van der Waals surface area contributed by atoms with E-state index in [-0.39, 0.29) is 36.5 Å². The first-order chi connectivity index (χ1) is 22.4. The average molecular weight is 661 g/mol. The van der Waals surface area contributed by atoms with Crippen LogP contribution in [0.3, 0.4) is 0 Å². The summed E-state index contributed by atoms with van der Waals surface area (Å²) in [6.07, 6.45) is 4.56. The third-order valence-electron chi connectivity index (χ3n) is 8.61. The molecule has 0 radical (unpaired) electrons. The molecule has 2 aromatic carbocycles. The van der Waals surface area contributed by atoms with Gasteiger partial charge in [-0.3, -0.25) is 9.59 Å². The number of nitrogens with zero attached hydrogens (tertiary/aromatic N) is 6. The number of aromatic nitrogens is 4. The Bertz CT molecular complexity index is 1450. The molecule has 0 bridgehead atoms. The van der Waals surface area contributed by atoms with Crippen LogP contribution in [0.5, 0.6) is 0 Å². The molecule has 1 saturated carbocycles. The van der Waals surface area contributed by atoms with Gasteiger partial charge in [0.15, 0.2) is 0 Å². The molecular weight excluding hydrogens is 617 g/mol. The first-order valence-electron chi connectivity index (χ1n) is 16.3. The van der Waals surface area contributed by atoms with Crippen molar-refractivity contribution in [3.05, 3.63) is 69.7 Å². The summed E-state index contributed by atoms with van der Waals surface area (Å²) in [7, 11) is 0. The van der Waals surface area contributed by atoms with Gasteiger partial charge in [-0.1, -0.05) is 53.4 Å². The van der Waals surface area contributed by atoms with Crippen molar-refractivity contribution in [2.75, 3.05) is 46.6 Å². The van der Waals surface area contributed by atoms with E-state index in [1.807, 2.05) is 24.3 Å². The third kappa shape index (κ3) is 8.67. The Hall–Kier alpha value is -3.90. The number of rotatable bonds is 14. The minimum absolute atomic E-state index is 0.0973. The predicted octanol–water partition coefficient (Wildman–Crippen LogP) is 6.89. The van der Waals surface area contributed by atoms with Crippen molar-refractivity contribution in [2.24, 2.45) is 0 Å². The van der Waals surface area contributed by atoms with Crippen molar-refractivity contribution in [3.63, 3.8) is 0 Å². The lowest BCUT2D eigenvalue weighted by Crippen LogP contribution is -2.21. The number of anilines is 4. The number of benzene rings is 2. The zero-order chi connectivity index (χ0) is 32.5. The van der Waals surface area contributed by atoms with Gasteiger partial charge < -0.3 is 20.4 Å². The normalized spacial score (nSPS) is 16.2. The van der Waals surface area contributed by atoms with Gasteiger partial charge in [-0.15, -0.1) is 20.4 Å². The van der Waals surface area contributed by atoms with Crippen LogP contribution in [-0.4, -0.2) is 58.4 Å². The van der Waals surface area contributed by atoms with E-state index >= 15 is 0 Å². The fourth-order valence-electron chi connectivity index (χ4n) is 6.06. The molecule has 1 aliphatic carbocycles. The van der Waals surface area contributed by atoms with E-state index < -0.39 is 0 Å². The van der Waals surface area contributed by atoms with Crippen LogP contribution in [0, 0.1) is 0 Å². The van der Waals surface area contributed by atoms with Gasteiger partial charge in [0.1, 0.15) is 10.0 Å². The minimum atomic E-state index is -0.0973. The number of hydrogen-bond donors (Lipinski definition) is 2. The molecule has 2 atom stereocenters. The molecule has 2 amide bonds. The summed E-state index contributed by atoms with van der Waals surface area (Å²) in [6.45, 7) is 12.3. The quantitative estimate of drug-likeness (QED) is 0.150. The zero-order valence-electron chi connectivity index (χ0n) is 27.2. The van der Waals surface area contributed by atoms with Gasteiger partial charge in [-0.25, -0.2) is 0 Å². The summed E-state index contributed by atoms with van der Waals surface area (Å²) < 4.78 is 0. The summed E-state index contributed by atoms with van der Waals surface area (Å²) >= 11 is 2.91. The van der Waals surface area contributed by atoms with Crippen molar-refractivity contribution in [3.8, 4) is 0 Å². The lowest BCUT2D eigenvalue weighted by atomic mass is 9.82. The Morgan fingerprint density at radius 2 is 1.04 bits per heavy atom. The van der Waals surface area contributed by atoms with Crippen LogP contribution in [0.4, 0.5) is 21.6 Å². The van der Waals surface area contributed by atoms with Crippen molar-refractivity contribution in [2.45, 2.75) is 78.1 Å². The first kappa shape index (κ1) is 33.5. The molecule has 0 spiro atoms. The predicted molar refractivity (Wildman–Crippen MR) is 188 cm³/mol. The molecule has 0 aliphatic heterocycles. The second kappa shape index (κ2) is 16.1. The second-order valence-electron chi connectivity index (χ2n) is 11.6. The van der Waals surface area contributed by atoms with Gasteiger partial charge >= 0.3 is 0 Å². The Balaban J connectivity index is 1.11. The van der Waals surface area contributed by atoms with Gasteiger partial charge in [0, 0.05) is 49.4 Å². The van der Waals surface area contributed by atoms with Crippen LogP contribution in [0.1, 0.15) is 86.4 Å². The van der Waals surface area contributed by atoms with Gasteiger partial charge in [-0.2, -0.15) is 0 Å². The van der Waals surface area contributed by atoms with Gasteiger partial charge in [-0.05, 0) is 82.3 Å². The number of hydrogen-bond acceptors (Lipinski definition) is 10. The molecule has 5 rings (SSSR count). The lowest BCUT2D eigenvalue weighted by molar-refractivity contribution is -0.116. The standard InChI is InChI=1S/C34H44N8O2S2/c1-5-41(6-2)27-16-12-23(13-17-27)20-29(43)35-33-39-37-31(45-33)25-10-9-11-26(22-25)32-38-40-34(46-32)36-30(44)21-24-14-18-28(19-15-24)42(7-3)8-4/h12-19,25-26H,5-11,20-22H2,1-4H3,(H,35,39,43)(H,36,40,44)/t25-,26-/m0/s1. The van der Waals surface area contributed by atoms with Crippen LogP contribution >= 0.6 is 22.7 Å². The van der Waals surface area contributed by atoms with E-state index in [9.17, 15) is 9.59 Å². The van der Waals surface area contributed by atoms with Gasteiger partial charge in [0.2, 0.25) is 22.1 Å². The largest absolute Gasteiger partial charge is 0.372 e. The number of amides is 2. The topological polar surface area (TPSA) is 116 Å². The van der Waals surface area contributed by atoms with Crippen LogP contribution in [0.15, 0.2) is 48.5 Å². The average Bonchev–Trinajstić information content (AvgIpc) is 3.74. The Morgan fingerprint density at radius 1 is 0.652 bits per heavy atom. The SMILES string of the molecule is CCN(CC)c1ccc(CC(=O)Nc2nnc([C@H]3CCC[C@H](c4nnc(NC(=O)Cc5ccc(N(CC)CC)cc5)s4)C3)s2)cc1. The Labute approximate surface area is 279 Å². The molecule has 0 saturated heterocycles. The van der Waals surface area contributed by atoms with Gasteiger partial charge in [0.05, 0.1) is 12.8 Å². The van der Waals surface area contributed by atoms with Crippen LogP contribution < -0.4 is 20.4 Å². The van der Waals surface area contributed by atoms with Crippen molar-refractivity contribution < 1.29 is 9.59 Å². The number of carbonyl (C=O) groups is 2. The fraction of sp³-hybridized carbons (Fsp3) is 0.471. The number of nitrogens with one attached hydrogen (secondary N) is 2. The third-order valence-corrected chi connectivity index (χ3v) is 10.6. The maximum Gasteiger partial charge on any atom is 0.230 e. The molecule has 2 aromatic heterocycles. The van der Waals surface area contributed by atoms with E-state index in [1.54, 1.807) is 0 Å². The van der Waals surface area contributed by atoms with Crippen LogP contribution in [0.2, 0.25) is 0 Å². The summed E-state index contributed by atoms with van der Waals surface area (Å²) in [4.78, 5) is 30.1. The first-order valence-corrected chi connectivity index (χ1v) is 18.0. The molecule has 2 N–H and O–H groups in total. The molecular formula is C34H44N8O2S2. The molecule has 244 valence electrons. The molecule has 1 fully saturated rings. The van der Waals surface area contributed by atoms with Crippen LogP contribution in [0.25, 0.3) is 0 Å². The highest BCUT2D eigenvalue weighted by Gasteiger charge is 2.29. The Kier molecular flexibility index (Phi) is 11.7. The summed E-state index contributed by atoms with van der Waals surface area (Å²) in [5.74, 6) is 0.298. The van der Waals surface area contributed by atoms with Crippen LogP contribution in [-0.2, 0) is 22.4 Å². The molecule has 12 heteroatoms. The van der Waals surface area contributed by atoms with Crippen molar-refractivity contribution in [1.82, 2.24) is 20.4 Å². The van der Waals surface area contributed by atoms with Gasteiger partial charge in [0.25, 0.3) is 0 Å². The summed E-state index contributed by atoms with van der Waals surface area (Å²) in [6, 6.07) is 16.3.